The molecule has 0 atom stereocenters. The maximum atomic E-state index is 12.7. The molecule has 1 amide bonds. The minimum atomic E-state index is -0.838. The van der Waals surface area contributed by atoms with Crippen LogP contribution in [-0.2, 0) is 22.4 Å². The highest BCUT2D eigenvalue weighted by Gasteiger charge is 2.27. The number of phenols is 2. The molecule has 31 heavy (non-hydrogen) atoms. The van der Waals surface area contributed by atoms with Gasteiger partial charge in [-0.3, -0.25) is 4.79 Å². The van der Waals surface area contributed by atoms with Gasteiger partial charge in [0.1, 0.15) is 22.8 Å². The number of carbonyl (C=O) groups is 2. The van der Waals surface area contributed by atoms with Gasteiger partial charge in [0, 0.05) is 30.5 Å². The lowest BCUT2D eigenvalue weighted by atomic mass is 10.0. The Hall–Kier alpha value is -3.33. The Labute approximate surface area is 183 Å². The highest BCUT2D eigenvalue weighted by Crippen LogP contribution is 2.44. The summed E-state index contributed by atoms with van der Waals surface area (Å²) in [5.41, 5.74) is 0.807. The molecule has 3 N–H and O–H groups in total. The molecule has 0 saturated heterocycles. The van der Waals surface area contributed by atoms with E-state index in [0.29, 0.717) is 28.5 Å². The number of methoxy groups -OCH3 is 3. The van der Waals surface area contributed by atoms with Gasteiger partial charge in [0.15, 0.2) is 11.5 Å². The SMILES string of the molecule is COc1cc2c(OC)c(c1OC)CCOC(=O)c1c(O)cc(O)c(Cl)c1CCC(=O)N2. The van der Waals surface area contributed by atoms with E-state index in [0.717, 1.165) is 6.07 Å². The first-order valence-electron chi connectivity index (χ1n) is 9.34. The van der Waals surface area contributed by atoms with Crippen molar-refractivity contribution in [3.63, 3.8) is 0 Å². The maximum Gasteiger partial charge on any atom is 0.342 e. The molecule has 1 aliphatic heterocycles. The first kappa shape index (κ1) is 22.4. The molecule has 3 rings (SSSR count). The van der Waals surface area contributed by atoms with Crippen molar-refractivity contribution in [3.05, 3.63) is 33.8 Å². The molecule has 1 aliphatic rings. The summed E-state index contributed by atoms with van der Waals surface area (Å²) >= 11 is 6.15. The van der Waals surface area contributed by atoms with Gasteiger partial charge in [0.25, 0.3) is 0 Å². The zero-order valence-corrected chi connectivity index (χ0v) is 18.0. The van der Waals surface area contributed by atoms with Gasteiger partial charge < -0.3 is 34.5 Å². The lowest BCUT2D eigenvalue weighted by Gasteiger charge is -2.20. The fraction of sp³-hybridized carbons (Fsp3) is 0.333. The number of carbonyl (C=O) groups excluding carboxylic acids is 2. The number of rotatable bonds is 3. The Kier molecular flexibility index (Phi) is 6.65. The fourth-order valence-electron chi connectivity index (χ4n) is 3.52. The summed E-state index contributed by atoms with van der Waals surface area (Å²) in [5.74, 6) is -1.06. The number of amides is 1. The molecule has 0 aromatic heterocycles. The molecule has 2 aromatic carbocycles. The van der Waals surface area contributed by atoms with E-state index in [9.17, 15) is 19.8 Å². The van der Waals surface area contributed by atoms with Crippen molar-refractivity contribution in [2.24, 2.45) is 0 Å². The van der Waals surface area contributed by atoms with Gasteiger partial charge in [-0.25, -0.2) is 4.79 Å². The third-order valence-electron chi connectivity index (χ3n) is 4.91. The van der Waals surface area contributed by atoms with E-state index < -0.39 is 23.4 Å². The molecule has 0 saturated carbocycles. The van der Waals surface area contributed by atoms with Crippen molar-refractivity contribution < 1.29 is 38.7 Å². The molecule has 0 fully saturated rings. The highest BCUT2D eigenvalue weighted by atomic mass is 35.5. The van der Waals surface area contributed by atoms with E-state index in [4.69, 9.17) is 30.5 Å². The number of cyclic esters (lactones) is 1. The molecule has 0 radical (unpaired) electrons. The Morgan fingerprint density at radius 2 is 1.65 bits per heavy atom. The van der Waals surface area contributed by atoms with Crippen molar-refractivity contribution in [1.82, 2.24) is 0 Å². The van der Waals surface area contributed by atoms with Crippen LogP contribution in [0.25, 0.3) is 0 Å². The fourth-order valence-corrected chi connectivity index (χ4v) is 3.76. The van der Waals surface area contributed by atoms with Crippen LogP contribution in [0.3, 0.4) is 0 Å². The first-order valence-corrected chi connectivity index (χ1v) is 9.72. The summed E-state index contributed by atoms with van der Waals surface area (Å²) < 4.78 is 21.7. The summed E-state index contributed by atoms with van der Waals surface area (Å²) in [6.45, 7) is -0.0938. The zero-order valence-electron chi connectivity index (χ0n) is 17.2. The van der Waals surface area contributed by atoms with Gasteiger partial charge in [-0.1, -0.05) is 11.6 Å². The van der Waals surface area contributed by atoms with Crippen LogP contribution < -0.4 is 19.5 Å². The molecule has 166 valence electrons. The summed E-state index contributed by atoms with van der Waals surface area (Å²) in [4.78, 5) is 25.4. The quantitative estimate of drug-likeness (QED) is 0.608. The minimum Gasteiger partial charge on any atom is -0.507 e. The molecule has 0 spiro atoms. The summed E-state index contributed by atoms with van der Waals surface area (Å²) in [5, 5.41) is 22.8. The van der Waals surface area contributed by atoms with Crippen molar-refractivity contribution in [2.45, 2.75) is 19.3 Å². The number of fused-ring (bicyclic) bond motifs is 3. The predicted molar refractivity (Wildman–Crippen MR) is 112 cm³/mol. The average Bonchev–Trinajstić information content (AvgIpc) is 2.74. The Morgan fingerprint density at radius 3 is 2.29 bits per heavy atom. The van der Waals surface area contributed by atoms with Gasteiger partial charge in [-0.2, -0.15) is 0 Å². The summed E-state index contributed by atoms with van der Waals surface area (Å²) in [6.07, 6.45) is 0.0370. The number of benzene rings is 2. The molecule has 2 bridgehead atoms. The molecule has 9 nitrogen and oxygen atoms in total. The van der Waals surface area contributed by atoms with Crippen LogP contribution in [0.1, 0.15) is 27.9 Å². The Morgan fingerprint density at radius 1 is 0.935 bits per heavy atom. The van der Waals surface area contributed by atoms with E-state index >= 15 is 0 Å². The van der Waals surface area contributed by atoms with Gasteiger partial charge in [0.2, 0.25) is 5.91 Å². The van der Waals surface area contributed by atoms with E-state index in [1.165, 1.54) is 21.3 Å². The third-order valence-corrected chi connectivity index (χ3v) is 5.33. The van der Waals surface area contributed by atoms with Crippen molar-refractivity contribution in [2.75, 3.05) is 33.3 Å². The lowest BCUT2D eigenvalue weighted by molar-refractivity contribution is -0.116. The van der Waals surface area contributed by atoms with Crippen LogP contribution in [0, 0.1) is 0 Å². The van der Waals surface area contributed by atoms with E-state index in [1.807, 2.05) is 0 Å². The van der Waals surface area contributed by atoms with Crippen LogP contribution in [0.4, 0.5) is 5.69 Å². The van der Waals surface area contributed by atoms with Crippen LogP contribution in [0.5, 0.6) is 28.7 Å². The normalized spacial score (nSPS) is 14.2. The average molecular weight is 452 g/mol. The predicted octanol–water partition coefficient (Wildman–Crippen LogP) is 3.06. The molecule has 2 aromatic rings. The largest absolute Gasteiger partial charge is 0.507 e. The standard InChI is InChI=1S/C21H22ClNO8/c1-28-15-8-12-19(29-2)11(20(15)30-3)6-7-31-21(27)17-10(4-5-16(26)23-12)18(22)14(25)9-13(17)24/h8-9,24-25H,4-7H2,1-3H3,(H,23,26). The van der Waals surface area contributed by atoms with E-state index in [-0.39, 0.29) is 42.0 Å². The molecular weight excluding hydrogens is 430 g/mol. The van der Waals surface area contributed by atoms with Gasteiger partial charge >= 0.3 is 5.97 Å². The van der Waals surface area contributed by atoms with E-state index in [2.05, 4.69) is 5.32 Å². The van der Waals surface area contributed by atoms with Crippen LogP contribution in [-0.4, -0.2) is 50.0 Å². The number of aromatic hydroxyl groups is 2. The third kappa shape index (κ3) is 4.27. The second-order valence-electron chi connectivity index (χ2n) is 6.69. The second-order valence-corrected chi connectivity index (χ2v) is 7.07. The number of nitrogens with one attached hydrogen (secondary N) is 1. The molecule has 1 heterocycles. The van der Waals surface area contributed by atoms with Gasteiger partial charge in [0.05, 0.1) is 38.6 Å². The lowest BCUT2D eigenvalue weighted by Crippen LogP contribution is -2.15. The highest BCUT2D eigenvalue weighted by molar-refractivity contribution is 6.33. The van der Waals surface area contributed by atoms with Gasteiger partial charge in [-0.15, -0.1) is 0 Å². The van der Waals surface area contributed by atoms with Crippen LogP contribution in [0.15, 0.2) is 12.1 Å². The monoisotopic (exact) mass is 451 g/mol. The number of ether oxygens (including phenoxy) is 4. The number of hydrogen-bond acceptors (Lipinski definition) is 8. The van der Waals surface area contributed by atoms with Crippen molar-refractivity contribution >= 4 is 29.2 Å². The molecule has 0 unspecified atom stereocenters. The number of hydrogen-bond donors (Lipinski definition) is 3. The van der Waals surface area contributed by atoms with Crippen molar-refractivity contribution in [1.29, 1.82) is 0 Å². The Bertz CT molecular complexity index is 1040. The molecule has 0 aliphatic carbocycles. The smallest absolute Gasteiger partial charge is 0.342 e. The maximum absolute atomic E-state index is 12.7. The summed E-state index contributed by atoms with van der Waals surface area (Å²) in [7, 11) is 4.37. The second kappa shape index (κ2) is 9.22. The minimum absolute atomic E-state index is 0.0283. The van der Waals surface area contributed by atoms with E-state index in [1.54, 1.807) is 6.07 Å². The summed E-state index contributed by atoms with van der Waals surface area (Å²) in [6, 6.07) is 2.53. The topological polar surface area (TPSA) is 124 Å². The van der Waals surface area contributed by atoms with Crippen LogP contribution in [0.2, 0.25) is 5.02 Å². The number of anilines is 1. The Balaban J connectivity index is 2.12. The number of esters is 1. The van der Waals surface area contributed by atoms with Crippen molar-refractivity contribution in [3.8, 4) is 28.7 Å². The number of halogens is 1. The number of phenolic OH excluding ortho intramolecular Hbond substituents is 2. The first-order chi connectivity index (χ1) is 14.8. The zero-order chi connectivity index (χ0) is 22.7. The van der Waals surface area contributed by atoms with Gasteiger partial charge in [-0.05, 0) is 12.0 Å². The molecular formula is C21H22ClNO8. The van der Waals surface area contributed by atoms with Crippen LogP contribution >= 0.6 is 11.6 Å². The molecule has 10 heteroatoms.